The fraction of sp³-hybridized carbons (Fsp3) is 0.909. The third-order valence-electron chi connectivity index (χ3n) is 2.88. The second kappa shape index (κ2) is 4.94. The van der Waals surface area contributed by atoms with Crippen molar-refractivity contribution in [2.45, 2.75) is 44.8 Å². The van der Waals surface area contributed by atoms with Crippen molar-refractivity contribution in [2.24, 2.45) is 0 Å². The highest BCUT2D eigenvalue weighted by Gasteiger charge is 2.27. The summed E-state index contributed by atoms with van der Waals surface area (Å²) in [5.41, 5.74) is -0.417. The molecule has 1 amide bonds. The zero-order valence-electron chi connectivity index (χ0n) is 9.82. The molecule has 0 aromatic carbocycles. The minimum atomic E-state index is -0.417. The number of hydrogen-bond donors (Lipinski definition) is 1. The number of piperidine rings is 1. The van der Waals surface area contributed by atoms with E-state index in [1.165, 1.54) is 0 Å². The summed E-state index contributed by atoms with van der Waals surface area (Å²) in [7, 11) is 1.61. The van der Waals surface area contributed by atoms with Crippen molar-refractivity contribution in [3.05, 3.63) is 0 Å². The predicted octanol–water partition coefficient (Wildman–Crippen LogP) is 0.785. The van der Waals surface area contributed by atoms with Crippen molar-refractivity contribution < 1.29 is 14.6 Å². The Morgan fingerprint density at radius 3 is 2.80 bits per heavy atom. The minimum absolute atomic E-state index is 0.0700. The maximum Gasteiger partial charge on any atom is 0.225 e. The standard InChI is InChI=1S/C11H21NO3/c1-11(2,15-3)7-10(14)12-6-4-5-9(13)8-12/h9,13H,4-8H2,1-3H3. The van der Waals surface area contributed by atoms with Crippen LogP contribution in [0.4, 0.5) is 0 Å². The molecule has 1 saturated heterocycles. The largest absolute Gasteiger partial charge is 0.391 e. The van der Waals surface area contributed by atoms with Crippen molar-refractivity contribution in [2.75, 3.05) is 20.2 Å². The lowest BCUT2D eigenvalue weighted by molar-refractivity contribution is -0.139. The van der Waals surface area contributed by atoms with E-state index < -0.39 is 5.60 Å². The van der Waals surface area contributed by atoms with Crippen molar-refractivity contribution in [1.82, 2.24) is 4.90 Å². The van der Waals surface area contributed by atoms with Gasteiger partial charge in [-0.3, -0.25) is 4.79 Å². The van der Waals surface area contributed by atoms with Crippen LogP contribution in [0.3, 0.4) is 0 Å². The lowest BCUT2D eigenvalue weighted by Gasteiger charge is -2.32. The molecule has 1 fully saturated rings. The lowest BCUT2D eigenvalue weighted by Crippen LogP contribution is -2.44. The third kappa shape index (κ3) is 3.80. The van der Waals surface area contributed by atoms with Crippen LogP contribution in [0.15, 0.2) is 0 Å². The smallest absolute Gasteiger partial charge is 0.225 e. The molecule has 88 valence electrons. The molecule has 15 heavy (non-hydrogen) atoms. The number of methoxy groups -OCH3 is 1. The molecule has 0 aromatic heterocycles. The van der Waals surface area contributed by atoms with Crippen LogP contribution in [0.5, 0.6) is 0 Å². The van der Waals surface area contributed by atoms with Crippen LogP contribution >= 0.6 is 0 Å². The van der Waals surface area contributed by atoms with E-state index in [9.17, 15) is 9.90 Å². The van der Waals surface area contributed by atoms with E-state index >= 15 is 0 Å². The molecule has 1 atom stereocenters. The molecule has 0 bridgehead atoms. The molecule has 1 aliphatic rings. The Morgan fingerprint density at radius 2 is 2.27 bits per heavy atom. The number of likely N-dealkylation sites (tertiary alicyclic amines) is 1. The van der Waals surface area contributed by atoms with Gasteiger partial charge in [-0.1, -0.05) is 0 Å². The Kier molecular flexibility index (Phi) is 4.11. The Bertz CT molecular complexity index is 228. The zero-order valence-corrected chi connectivity index (χ0v) is 9.82. The van der Waals surface area contributed by atoms with E-state index in [-0.39, 0.29) is 12.0 Å². The molecule has 1 N–H and O–H groups in total. The summed E-state index contributed by atoms with van der Waals surface area (Å²) >= 11 is 0. The highest BCUT2D eigenvalue weighted by Crippen LogP contribution is 2.17. The molecule has 4 nitrogen and oxygen atoms in total. The maximum absolute atomic E-state index is 11.9. The van der Waals surface area contributed by atoms with E-state index in [1.807, 2.05) is 13.8 Å². The molecule has 1 unspecified atom stereocenters. The van der Waals surface area contributed by atoms with Gasteiger partial charge < -0.3 is 14.7 Å². The van der Waals surface area contributed by atoms with Gasteiger partial charge in [-0.15, -0.1) is 0 Å². The third-order valence-corrected chi connectivity index (χ3v) is 2.88. The Balaban J connectivity index is 2.46. The van der Waals surface area contributed by atoms with Gasteiger partial charge in [-0.2, -0.15) is 0 Å². The highest BCUT2D eigenvalue weighted by molar-refractivity contribution is 5.77. The van der Waals surface area contributed by atoms with Crippen molar-refractivity contribution >= 4 is 5.91 Å². The van der Waals surface area contributed by atoms with E-state index in [0.717, 1.165) is 19.4 Å². The summed E-state index contributed by atoms with van der Waals surface area (Å²) in [5.74, 6) is 0.0700. The van der Waals surface area contributed by atoms with Gasteiger partial charge in [0.25, 0.3) is 0 Å². The summed E-state index contributed by atoms with van der Waals surface area (Å²) < 4.78 is 5.22. The molecule has 1 aliphatic heterocycles. The number of hydrogen-bond acceptors (Lipinski definition) is 3. The average molecular weight is 215 g/mol. The SMILES string of the molecule is COC(C)(C)CC(=O)N1CCCC(O)C1. The van der Waals surface area contributed by atoms with Gasteiger partial charge in [0.2, 0.25) is 5.91 Å². The van der Waals surface area contributed by atoms with Crippen LogP contribution in [-0.4, -0.2) is 47.8 Å². The van der Waals surface area contributed by atoms with Gasteiger partial charge >= 0.3 is 0 Å². The number of aliphatic hydroxyl groups is 1. The van der Waals surface area contributed by atoms with Gasteiger partial charge in [0, 0.05) is 20.2 Å². The fourth-order valence-electron chi connectivity index (χ4n) is 1.73. The second-order valence-corrected chi connectivity index (χ2v) is 4.78. The second-order valence-electron chi connectivity index (χ2n) is 4.78. The summed E-state index contributed by atoms with van der Waals surface area (Å²) in [4.78, 5) is 13.6. The van der Waals surface area contributed by atoms with Crippen LogP contribution in [0.25, 0.3) is 0 Å². The quantitative estimate of drug-likeness (QED) is 0.757. The molecule has 0 spiro atoms. The number of β-amino-alcohol motifs (C(OH)–C–C–N with tert-alkyl or cyclic N) is 1. The van der Waals surface area contributed by atoms with E-state index in [4.69, 9.17) is 4.74 Å². The summed E-state index contributed by atoms with van der Waals surface area (Å²) in [5, 5.41) is 9.46. The van der Waals surface area contributed by atoms with Gasteiger partial charge in [0.05, 0.1) is 18.1 Å². The fourth-order valence-corrected chi connectivity index (χ4v) is 1.73. The molecule has 0 aliphatic carbocycles. The first kappa shape index (κ1) is 12.5. The van der Waals surface area contributed by atoms with Crippen molar-refractivity contribution in [3.8, 4) is 0 Å². The van der Waals surface area contributed by atoms with Crippen LogP contribution in [-0.2, 0) is 9.53 Å². The van der Waals surface area contributed by atoms with Gasteiger partial charge in [-0.25, -0.2) is 0 Å². The summed E-state index contributed by atoms with van der Waals surface area (Å²) in [6.45, 7) is 5.02. The summed E-state index contributed by atoms with van der Waals surface area (Å²) in [6.07, 6.45) is 1.71. The monoisotopic (exact) mass is 215 g/mol. The zero-order chi connectivity index (χ0) is 11.5. The molecular formula is C11H21NO3. The molecule has 4 heteroatoms. The van der Waals surface area contributed by atoms with Crippen LogP contribution in [0.1, 0.15) is 33.1 Å². The molecule has 1 heterocycles. The van der Waals surface area contributed by atoms with E-state index in [1.54, 1.807) is 12.0 Å². The van der Waals surface area contributed by atoms with Gasteiger partial charge in [0.1, 0.15) is 0 Å². The van der Waals surface area contributed by atoms with Crippen molar-refractivity contribution in [1.29, 1.82) is 0 Å². The first-order valence-electron chi connectivity index (χ1n) is 5.45. The number of aliphatic hydroxyl groups excluding tert-OH is 1. The predicted molar refractivity (Wildman–Crippen MR) is 57.5 cm³/mol. The molecule has 1 rings (SSSR count). The highest BCUT2D eigenvalue weighted by atomic mass is 16.5. The number of ether oxygens (including phenoxy) is 1. The Labute approximate surface area is 91.2 Å². The summed E-state index contributed by atoms with van der Waals surface area (Å²) in [6, 6.07) is 0. The molecule has 0 radical (unpaired) electrons. The normalized spacial score (nSPS) is 22.9. The van der Waals surface area contributed by atoms with Crippen LogP contribution in [0.2, 0.25) is 0 Å². The average Bonchev–Trinajstić information content (AvgIpc) is 2.17. The number of nitrogens with zero attached hydrogens (tertiary/aromatic N) is 1. The molecule has 0 aromatic rings. The minimum Gasteiger partial charge on any atom is -0.391 e. The first-order chi connectivity index (χ1) is 6.94. The Hall–Kier alpha value is -0.610. The van der Waals surface area contributed by atoms with Gasteiger partial charge in [-0.05, 0) is 26.7 Å². The topological polar surface area (TPSA) is 49.8 Å². The number of carbonyl (C=O) groups excluding carboxylic acids is 1. The lowest BCUT2D eigenvalue weighted by atomic mass is 10.0. The van der Waals surface area contributed by atoms with Crippen LogP contribution < -0.4 is 0 Å². The first-order valence-corrected chi connectivity index (χ1v) is 5.45. The maximum atomic E-state index is 11.9. The van der Waals surface area contributed by atoms with E-state index in [2.05, 4.69) is 0 Å². The number of carbonyl (C=O) groups is 1. The molecular weight excluding hydrogens is 194 g/mol. The number of amides is 1. The van der Waals surface area contributed by atoms with Gasteiger partial charge in [0.15, 0.2) is 0 Å². The number of rotatable bonds is 3. The van der Waals surface area contributed by atoms with E-state index in [0.29, 0.717) is 13.0 Å². The Morgan fingerprint density at radius 1 is 1.60 bits per heavy atom. The molecule has 0 saturated carbocycles. The van der Waals surface area contributed by atoms with Crippen LogP contribution in [0, 0.1) is 0 Å². The van der Waals surface area contributed by atoms with Crippen molar-refractivity contribution in [3.63, 3.8) is 0 Å².